The van der Waals surface area contributed by atoms with Crippen molar-refractivity contribution in [2.75, 3.05) is 122 Å². The van der Waals surface area contributed by atoms with Gasteiger partial charge in [-0.15, -0.1) is 47.1 Å². The minimum absolute atomic E-state index is 0.380. The number of ether oxygens (including phenoxy) is 1. The summed E-state index contributed by atoms with van der Waals surface area (Å²) >= 11 is 1.62. The summed E-state index contributed by atoms with van der Waals surface area (Å²) in [6, 6.07) is 0. The predicted octanol–water partition coefficient (Wildman–Crippen LogP) is 9.13. The molecule has 0 aromatic rings. The summed E-state index contributed by atoms with van der Waals surface area (Å²) in [7, 11) is 14.3. The summed E-state index contributed by atoms with van der Waals surface area (Å²) in [5, 5.41) is 0. The van der Waals surface area contributed by atoms with E-state index in [1.165, 1.54) is 25.4 Å². The van der Waals surface area contributed by atoms with Gasteiger partial charge in [0, 0.05) is 33.8 Å². The number of rotatable bonds is 2. The summed E-state index contributed by atoms with van der Waals surface area (Å²) in [6.45, 7) is 29.1. The molecule has 0 saturated heterocycles. The van der Waals surface area contributed by atoms with Gasteiger partial charge in [-0.3, -0.25) is 4.18 Å². The normalized spacial score (nSPS) is 8.04. The average Bonchev–Trinajstić information content (AvgIpc) is 2.86. The van der Waals surface area contributed by atoms with Crippen LogP contribution in [0.25, 0.3) is 0 Å². The molecule has 0 N–H and O–H groups in total. The van der Waals surface area contributed by atoms with Gasteiger partial charge in [0.05, 0.1) is 14.2 Å². The van der Waals surface area contributed by atoms with Gasteiger partial charge in [0.25, 0.3) is 0 Å². The van der Waals surface area contributed by atoms with Crippen molar-refractivity contribution in [2.24, 2.45) is 4.99 Å². The van der Waals surface area contributed by atoms with Crippen LogP contribution in [0.3, 0.4) is 0 Å². The molecule has 0 spiro atoms. The number of methoxy groups -OCH3 is 1. The van der Waals surface area contributed by atoms with Crippen LogP contribution >= 0.6 is 38.6 Å². The van der Waals surface area contributed by atoms with E-state index in [1.807, 2.05) is 44.8 Å². The number of aliphatic imine (C=N–C) groups is 1. The zero-order valence-electron chi connectivity index (χ0n) is 35.4. The molecule has 0 aliphatic carbocycles. The first kappa shape index (κ1) is 86.2. The summed E-state index contributed by atoms with van der Waals surface area (Å²) in [4.78, 5) is 5.25. The Morgan fingerprint density at radius 2 is 0.978 bits per heavy atom. The Morgan fingerprint density at radius 1 is 0.935 bits per heavy atom. The van der Waals surface area contributed by atoms with Crippen molar-refractivity contribution < 1.29 is 21.1 Å². The first-order valence-electron chi connectivity index (χ1n) is 13.2. The molecule has 0 aromatic heterocycles. The second kappa shape index (κ2) is 111. The van der Waals surface area contributed by atoms with Crippen molar-refractivity contribution in [3.63, 3.8) is 0 Å². The van der Waals surface area contributed by atoms with Gasteiger partial charge in [-0.1, -0.05) is 20.5 Å². The Labute approximate surface area is 318 Å². The third kappa shape index (κ3) is 4820. The van der Waals surface area contributed by atoms with E-state index in [9.17, 15) is 8.04 Å². The molecule has 0 saturated carbocycles. The van der Waals surface area contributed by atoms with Crippen LogP contribution in [0.1, 0.15) is 0 Å². The Morgan fingerprint density at radius 3 is 0.978 bits per heavy atom. The molecule has 0 aliphatic heterocycles. The zero-order valence-corrected chi connectivity index (χ0v) is 43.1. The first-order chi connectivity index (χ1) is 20.8. The van der Waals surface area contributed by atoms with E-state index in [4.69, 9.17) is 0 Å². The molecular formula is C31H85BN2O5P2S3Se2. The van der Waals surface area contributed by atoms with Gasteiger partial charge >= 0.3 is 55.9 Å². The van der Waals surface area contributed by atoms with Gasteiger partial charge in [0.15, 0.2) is 11.1 Å². The monoisotopic (exact) mass is 894 g/mol. The summed E-state index contributed by atoms with van der Waals surface area (Å²) in [5.74, 6) is 7.85. The first-order valence-corrected chi connectivity index (χ1v) is 31.1. The second-order valence-electron chi connectivity index (χ2n) is 9.89. The number of nitrogens with zero attached hydrogens (tertiary/aromatic N) is 2. The van der Waals surface area contributed by atoms with Gasteiger partial charge < -0.3 is 18.8 Å². The zero-order chi connectivity index (χ0) is 41.3. The van der Waals surface area contributed by atoms with E-state index in [1.54, 1.807) is 51.8 Å². The molecule has 0 amide bonds. The van der Waals surface area contributed by atoms with Crippen LogP contribution in [0.15, 0.2) is 18.2 Å². The fourth-order valence-corrected chi connectivity index (χ4v) is 0. The Kier molecular flexibility index (Phi) is 207. The Balaban J connectivity index is -0.0000000235. The molecular weight excluding hydrogens is 807 g/mol. The third-order valence-corrected chi connectivity index (χ3v) is 1.20. The van der Waals surface area contributed by atoms with E-state index < -0.39 is 31.8 Å². The van der Waals surface area contributed by atoms with Crippen LogP contribution in [-0.2, 0) is 28.0 Å². The van der Waals surface area contributed by atoms with Gasteiger partial charge in [-0.25, -0.2) is 4.21 Å². The van der Waals surface area contributed by atoms with E-state index >= 15 is 0 Å². The van der Waals surface area contributed by atoms with Crippen LogP contribution in [-0.4, -0.2) is 179 Å². The molecule has 0 rings (SSSR count). The number of thioether (sulfide) groups is 1. The number of hydrogen-bond donors (Lipinski definition) is 0. The molecule has 292 valence electrons. The predicted molar refractivity (Wildman–Crippen MR) is 246 cm³/mol. The van der Waals surface area contributed by atoms with E-state index in [2.05, 4.69) is 129 Å². The molecule has 0 aromatic carbocycles. The molecule has 7 nitrogen and oxygen atoms in total. The minimum atomic E-state index is -1.29. The fraction of sp³-hybridized carbons (Fsp3) is 0.806. The molecule has 46 heavy (non-hydrogen) atoms. The molecule has 0 aliphatic rings. The van der Waals surface area contributed by atoms with E-state index in [0.717, 1.165) is 21.7 Å². The van der Waals surface area contributed by atoms with Crippen LogP contribution in [0.4, 0.5) is 0 Å². The van der Waals surface area contributed by atoms with E-state index in [0.29, 0.717) is 7.92 Å². The summed E-state index contributed by atoms with van der Waals surface area (Å²) in [5.41, 5.74) is 0. The third-order valence-electron chi connectivity index (χ3n) is 0.401. The van der Waals surface area contributed by atoms with Crippen molar-refractivity contribution in [2.45, 2.75) is 43.8 Å². The van der Waals surface area contributed by atoms with Crippen LogP contribution in [0.2, 0.25) is 43.8 Å². The Hall–Kier alpha value is 1.29. The van der Waals surface area contributed by atoms with Crippen molar-refractivity contribution in [1.82, 2.24) is 4.90 Å². The van der Waals surface area contributed by atoms with Gasteiger partial charge in [-0.2, -0.15) is 11.8 Å². The van der Waals surface area contributed by atoms with Crippen molar-refractivity contribution in [1.29, 1.82) is 0 Å². The van der Waals surface area contributed by atoms with Crippen LogP contribution < -0.4 is 0 Å². The number of terminal acetylenes is 1. The second-order valence-corrected chi connectivity index (χ2v) is 24.6. The average molecular weight is 893 g/mol. The molecule has 15 heteroatoms. The maximum absolute atomic E-state index is 9.70. The van der Waals surface area contributed by atoms with Gasteiger partial charge in [0.2, 0.25) is 0 Å². The van der Waals surface area contributed by atoms with E-state index in [-0.39, 0.29) is 0 Å². The molecule has 0 bridgehead atoms. The molecule has 1 unspecified atom stereocenters. The Bertz CT molecular complexity index is 484. The summed E-state index contributed by atoms with van der Waals surface area (Å²) < 4.78 is 32.3. The standard InChI is InChI=1S/C4H11P.C3H9B.C3H9N.C3H9P.C2H5N.C2H6O2S.C2H6OS.C2H6OSe.C2H6O.C2H6S.C2H6Se.C2H4.C2H2/c1-5(2,3)4;3*1-4(2)3;1-3-2;1-4-5(2)3;1-3-4-2;1-4(2)3;3*1-3-2;2*1-2/h1H2,2-4H3;3*1-3H3;1H2,2H3;1-2H3;2*1-2H3;3*1-2H3;1-2H2;1-2H. The summed E-state index contributed by atoms with van der Waals surface area (Å²) in [6.07, 6.45) is 19.3. The van der Waals surface area contributed by atoms with Crippen LogP contribution in [0, 0.1) is 12.8 Å². The molecule has 0 fully saturated rings. The molecule has 0 radical (unpaired) electrons. The van der Waals surface area contributed by atoms with Gasteiger partial charge in [0.1, 0.15) is 6.71 Å². The van der Waals surface area contributed by atoms with Crippen molar-refractivity contribution >= 4 is 98.2 Å². The molecule has 0 heterocycles. The topological polar surface area (TPSA) is 77.4 Å². The molecule has 1 atom stereocenters. The van der Waals surface area contributed by atoms with Crippen molar-refractivity contribution in [3.8, 4) is 12.8 Å². The maximum atomic E-state index is 9.70. The SMILES string of the molecule is C#C.C=C.C=NC.C=P(C)(C)C.CB(C)C.CN(C)C.COC.COS(C)=O.COSC.CP(C)C.CSC.C[Se](C)=O.C[Se]C. The fourth-order valence-electron chi connectivity index (χ4n) is 0. The van der Waals surface area contributed by atoms with Crippen molar-refractivity contribution in [3.05, 3.63) is 13.2 Å². The van der Waals surface area contributed by atoms with Gasteiger partial charge in [-0.05, 0) is 92.4 Å². The quantitative estimate of drug-likeness (QED) is 0.0679. The number of hydrogen-bond acceptors (Lipinski definition) is 9. The van der Waals surface area contributed by atoms with Crippen LogP contribution in [0.5, 0.6) is 0 Å².